The molecule has 0 aromatic heterocycles. The lowest BCUT2D eigenvalue weighted by molar-refractivity contribution is -0.275. The molecule has 6 aliphatic rings. The van der Waals surface area contributed by atoms with E-state index in [9.17, 15) is 72.1 Å². The highest BCUT2D eigenvalue weighted by molar-refractivity contribution is 7.97. The molecule has 0 radical (unpaired) electrons. The first-order chi connectivity index (χ1) is 27.2. The SMILES string of the molecule is O=C(N=C1C=CC2=C(O)C(=NN=C3C=C(N(O)O)C=CC3=O)C([S+](=O)([O-])[O-])=CC2=C1)N=C1C=CC2=C(O)C(=NN=C3C=C(N(O)O)C=CC3=O)C([S+](=O)(O)O)=CC2=C1. The summed E-state index contributed by atoms with van der Waals surface area (Å²) in [5.41, 5.74) is -3.81. The van der Waals surface area contributed by atoms with Gasteiger partial charge in [0.1, 0.15) is 11.4 Å². The summed E-state index contributed by atoms with van der Waals surface area (Å²) in [6.45, 7) is 0. The number of allylic oxidation sites excluding steroid dienone is 20. The lowest BCUT2D eigenvalue weighted by Crippen LogP contribution is -2.25. The number of hydrogen-bond acceptors (Lipinski definition) is 19. The van der Waals surface area contributed by atoms with E-state index >= 15 is 0 Å². The highest BCUT2D eigenvalue weighted by atomic mass is 32.3. The molecule has 25 heteroatoms. The van der Waals surface area contributed by atoms with Gasteiger partial charge >= 0.3 is 16.5 Å². The van der Waals surface area contributed by atoms with Crippen LogP contribution in [0.15, 0.2) is 170 Å². The van der Waals surface area contributed by atoms with Gasteiger partial charge in [0.05, 0.1) is 22.8 Å². The van der Waals surface area contributed by atoms with Crippen molar-refractivity contribution in [1.82, 2.24) is 10.5 Å². The Morgan fingerprint density at radius 2 is 0.983 bits per heavy atom. The van der Waals surface area contributed by atoms with Crippen LogP contribution in [0.2, 0.25) is 0 Å². The lowest BCUT2D eigenvalue weighted by Gasteiger charge is -2.25. The molecule has 0 aromatic rings. The van der Waals surface area contributed by atoms with Gasteiger partial charge in [0, 0.05) is 33.8 Å². The number of rotatable bonds is 6. The third-order valence-corrected chi connectivity index (χ3v) is 9.67. The molecule has 8 N–H and O–H groups in total. The molecule has 0 bridgehead atoms. The second kappa shape index (κ2) is 15.6. The summed E-state index contributed by atoms with van der Waals surface area (Å²) in [5.74, 6) is -3.20. The van der Waals surface area contributed by atoms with Gasteiger partial charge in [0.25, 0.3) is 4.91 Å². The fourth-order valence-electron chi connectivity index (χ4n) is 5.27. The molecule has 0 aliphatic heterocycles. The summed E-state index contributed by atoms with van der Waals surface area (Å²) < 4.78 is 69.0. The Kier molecular flexibility index (Phi) is 10.9. The maximum absolute atomic E-state index is 12.9. The summed E-state index contributed by atoms with van der Waals surface area (Å²) in [4.78, 5) is 42.9. The molecule has 6 rings (SSSR count). The number of hydrogen-bond donors (Lipinski definition) is 8. The number of aliphatic hydroxyl groups excluding tert-OH is 2. The molecule has 23 nitrogen and oxygen atoms in total. The highest BCUT2D eigenvalue weighted by Gasteiger charge is 2.41. The third-order valence-electron chi connectivity index (χ3n) is 7.94. The Balaban J connectivity index is 1.29. The van der Waals surface area contributed by atoms with E-state index in [-0.39, 0.29) is 55.6 Å². The van der Waals surface area contributed by atoms with Gasteiger partial charge in [-0.3, -0.25) is 30.4 Å². The average Bonchev–Trinajstić information content (AvgIpc) is 3.14. The van der Waals surface area contributed by atoms with E-state index in [1.54, 1.807) is 0 Å². The number of urea groups is 1. The minimum atomic E-state index is -5.37. The first-order valence-corrected chi connectivity index (χ1v) is 18.4. The topological polar surface area (TPSA) is 374 Å². The van der Waals surface area contributed by atoms with Gasteiger partial charge in [-0.2, -0.15) is 19.1 Å². The van der Waals surface area contributed by atoms with Crippen LogP contribution in [-0.4, -0.2) is 112 Å². The van der Waals surface area contributed by atoms with Crippen molar-refractivity contribution in [3.8, 4) is 0 Å². The molecule has 0 aromatic carbocycles. The number of aliphatic imine (C=N–C) groups is 2. The van der Waals surface area contributed by atoms with E-state index in [0.717, 1.165) is 60.8 Å². The van der Waals surface area contributed by atoms with Gasteiger partial charge in [0.15, 0.2) is 27.8 Å². The van der Waals surface area contributed by atoms with Crippen LogP contribution in [0.1, 0.15) is 0 Å². The number of carbonyl (C=O) groups excluding carboxylic acids is 3. The van der Waals surface area contributed by atoms with Gasteiger partial charge in [-0.1, -0.05) is 0 Å². The van der Waals surface area contributed by atoms with E-state index in [2.05, 4.69) is 30.4 Å². The van der Waals surface area contributed by atoms with Crippen LogP contribution in [0, 0.1) is 0 Å². The van der Waals surface area contributed by atoms with Crippen molar-refractivity contribution in [3.05, 3.63) is 140 Å². The fraction of sp³-hybridized carbons (Fsp3) is 0. The molecule has 0 spiro atoms. The van der Waals surface area contributed by atoms with Crippen LogP contribution in [0.25, 0.3) is 0 Å². The molecule has 2 amide bonds. The van der Waals surface area contributed by atoms with Crippen LogP contribution in [0.4, 0.5) is 4.79 Å². The zero-order valence-corrected chi connectivity index (χ0v) is 30.0. The largest absolute Gasteiger partial charge is 0.612 e. The molecule has 0 unspecified atom stereocenters. The molecule has 296 valence electrons. The van der Waals surface area contributed by atoms with Gasteiger partial charge in [-0.15, -0.1) is 35.1 Å². The molecule has 0 saturated carbocycles. The number of carbonyl (C=O) groups is 3. The van der Waals surface area contributed by atoms with Crippen molar-refractivity contribution in [3.63, 3.8) is 0 Å². The quantitative estimate of drug-likeness (QED) is 0.108. The third kappa shape index (κ3) is 8.57. The first kappa shape index (κ1) is 40.7. The smallest absolute Gasteiger partial charge is 0.388 e. The van der Waals surface area contributed by atoms with Gasteiger partial charge in [-0.05, 0) is 88.3 Å². The van der Waals surface area contributed by atoms with E-state index in [4.69, 9.17) is 0 Å². The number of nitrogens with zero attached hydrogens (tertiary/aromatic N) is 8. The molecule has 0 fully saturated rings. The Morgan fingerprint density at radius 1 is 0.569 bits per heavy atom. The summed E-state index contributed by atoms with van der Waals surface area (Å²) in [6.07, 6.45) is 14.5. The Morgan fingerprint density at radius 3 is 1.38 bits per heavy atom. The molecule has 0 saturated heterocycles. The Labute approximate surface area is 325 Å². The summed E-state index contributed by atoms with van der Waals surface area (Å²) in [6, 6.07) is -1.16. The van der Waals surface area contributed by atoms with Gasteiger partial charge in [-0.25, -0.2) is 4.79 Å². The second-order valence-corrected chi connectivity index (χ2v) is 14.5. The average molecular weight is 835 g/mol. The number of fused-ring (bicyclic) bond motifs is 2. The monoisotopic (exact) mass is 834 g/mol. The van der Waals surface area contributed by atoms with Crippen LogP contribution in [0.3, 0.4) is 0 Å². The maximum atomic E-state index is 12.9. The predicted octanol–water partition coefficient (Wildman–Crippen LogP) is 2.41. The molecule has 58 heavy (non-hydrogen) atoms. The van der Waals surface area contributed by atoms with Crippen molar-refractivity contribution in [2.45, 2.75) is 0 Å². The number of hydroxylamine groups is 4. The highest BCUT2D eigenvalue weighted by Crippen LogP contribution is 2.34. The molecule has 0 heterocycles. The van der Waals surface area contributed by atoms with E-state index in [1.807, 2.05) is 0 Å². The van der Waals surface area contributed by atoms with Gasteiger partial charge < -0.3 is 19.3 Å². The number of amides is 2. The zero-order chi connectivity index (χ0) is 42.3. The van der Waals surface area contributed by atoms with Crippen LogP contribution in [-0.2, 0) is 39.0 Å². The molecular weight excluding hydrogens is 813 g/mol. The summed E-state index contributed by atoms with van der Waals surface area (Å²) in [7, 11) is -10.3. The van der Waals surface area contributed by atoms with Crippen LogP contribution in [0.5, 0.6) is 0 Å². The van der Waals surface area contributed by atoms with Crippen molar-refractivity contribution in [2.24, 2.45) is 30.4 Å². The van der Waals surface area contributed by atoms with Crippen molar-refractivity contribution >= 4 is 72.9 Å². The van der Waals surface area contributed by atoms with Crippen LogP contribution >= 0.6 is 0 Å². The summed E-state index contributed by atoms with van der Waals surface area (Å²) >= 11 is 0. The van der Waals surface area contributed by atoms with Gasteiger partial charge in [0.2, 0.25) is 11.6 Å². The molecular formula is C33H22N8O15S2. The minimum Gasteiger partial charge on any atom is -0.612 e. The predicted molar refractivity (Wildman–Crippen MR) is 198 cm³/mol. The standard InChI is InChI=1S/C33H22N8O15S2/c42-25-7-3-19(40(47)48)13-23(25)36-38-29-27(57(51,52)53)11-15-9-17(1-5-21(15)31(29)44)34-33(46)35-18-2-6-22-16(10-18)12-28(58(54,55)56)30(32(22)45)39-37-24-14-20(41(49)50)4-8-26(24)43/h1-14,47-50H,(H4-2,34,35,44,45,46,51,52,53,54,55,56). The Bertz CT molecular complexity index is 2500. The fourth-order valence-corrected chi connectivity index (χ4v) is 6.59. The van der Waals surface area contributed by atoms with Crippen molar-refractivity contribution in [1.29, 1.82) is 0 Å². The number of aliphatic hydroxyl groups is 2. The Hall–Kier alpha value is -6.91. The maximum Gasteiger partial charge on any atom is 0.388 e. The second-order valence-electron chi connectivity index (χ2n) is 11.7. The first-order valence-electron chi connectivity index (χ1n) is 15.5. The van der Waals surface area contributed by atoms with Crippen molar-refractivity contribution in [2.75, 3.05) is 0 Å². The van der Waals surface area contributed by atoms with E-state index in [1.165, 1.54) is 24.3 Å². The minimum absolute atomic E-state index is 0.0533. The zero-order valence-electron chi connectivity index (χ0n) is 28.4. The summed E-state index contributed by atoms with van der Waals surface area (Å²) in [5, 5.41) is 72.5. The van der Waals surface area contributed by atoms with Crippen LogP contribution < -0.4 is 0 Å². The normalized spacial score (nSPS) is 23.7. The molecule has 6 aliphatic carbocycles. The van der Waals surface area contributed by atoms with E-state index in [0.29, 0.717) is 0 Å². The van der Waals surface area contributed by atoms with Crippen molar-refractivity contribution < 1.29 is 72.1 Å². The lowest BCUT2D eigenvalue weighted by atomic mass is 9.91. The van der Waals surface area contributed by atoms with E-state index < -0.39 is 82.8 Å². The number of ketones is 2. The molecule has 0 atom stereocenters.